The molecule has 9 heteroatoms. The first-order valence-corrected chi connectivity index (χ1v) is 11.2. The molecule has 1 atom stereocenters. The van der Waals surface area contributed by atoms with Crippen LogP contribution in [0.5, 0.6) is 5.75 Å². The Kier molecular flexibility index (Phi) is 4.89. The van der Waals surface area contributed by atoms with Crippen molar-refractivity contribution in [2.75, 3.05) is 17.3 Å². The van der Waals surface area contributed by atoms with Crippen LogP contribution in [0.1, 0.15) is 37.9 Å². The van der Waals surface area contributed by atoms with Gasteiger partial charge in [0.25, 0.3) is 17.8 Å². The van der Waals surface area contributed by atoms with Crippen LogP contribution in [-0.2, 0) is 0 Å². The lowest BCUT2D eigenvalue weighted by atomic mass is 10.0. The minimum absolute atomic E-state index is 0.00403. The molecule has 4 aromatic rings. The van der Waals surface area contributed by atoms with E-state index >= 15 is 0 Å². The number of anilines is 2. The average Bonchev–Trinajstić information content (AvgIpc) is 3.42. The zero-order chi connectivity index (χ0) is 24.1. The molecule has 0 saturated heterocycles. The zero-order valence-corrected chi connectivity index (χ0v) is 19.2. The molecule has 0 radical (unpaired) electrons. The molecule has 172 valence electrons. The third kappa shape index (κ3) is 3.38. The minimum atomic E-state index is -0.451. The number of nitrogens with one attached hydrogen (secondary N) is 1. The molecule has 2 amide bonds. The number of imide groups is 1. The number of amides is 2. The molecule has 8 nitrogen and oxygen atoms in total. The van der Waals surface area contributed by atoms with Gasteiger partial charge in [-0.1, -0.05) is 54.1 Å². The Labute approximate surface area is 205 Å². The molecule has 2 aliphatic rings. The van der Waals surface area contributed by atoms with E-state index in [2.05, 4.69) is 15.4 Å². The number of ether oxygens (including phenoxy) is 1. The van der Waals surface area contributed by atoms with Crippen LogP contribution in [0.3, 0.4) is 0 Å². The van der Waals surface area contributed by atoms with Gasteiger partial charge in [-0.15, -0.1) is 5.10 Å². The summed E-state index contributed by atoms with van der Waals surface area (Å²) in [5.74, 6) is 0.167. The Balaban J connectivity index is 1.47. The second-order valence-corrected chi connectivity index (χ2v) is 8.51. The van der Waals surface area contributed by atoms with Crippen LogP contribution in [0.4, 0.5) is 11.9 Å². The summed E-state index contributed by atoms with van der Waals surface area (Å²) in [7, 11) is 1.61. The zero-order valence-electron chi connectivity index (χ0n) is 18.5. The van der Waals surface area contributed by atoms with E-state index in [1.54, 1.807) is 48.2 Å². The first-order chi connectivity index (χ1) is 17.0. The summed E-state index contributed by atoms with van der Waals surface area (Å²) < 4.78 is 7.25. The van der Waals surface area contributed by atoms with Gasteiger partial charge < -0.3 is 10.1 Å². The number of nitrogens with zero attached hydrogens (tertiary/aromatic N) is 4. The molecule has 0 aliphatic carbocycles. The first-order valence-electron chi connectivity index (χ1n) is 10.9. The van der Waals surface area contributed by atoms with Gasteiger partial charge in [-0.2, -0.15) is 4.98 Å². The molecule has 1 aromatic heterocycles. The summed E-state index contributed by atoms with van der Waals surface area (Å²) in [6, 6.07) is 21.3. The molecule has 0 saturated carbocycles. The molecular formula is C26H18ClN5O3. The Bertz CT molecular complexity index is 1490. The van der Waals surface area contributed by atoms with Crippen LogP contribution < -0.4 is 15.0 Å². The van der Waals surface area contributed by atoms with Crippen LogP contribution in [-0.4, -0.2) is 33.7 Å². The third-order valence-corrected chi connectivity index (χ3v) is 6.31. The van der Waals surface area contributed by atoms with Crippen molar-refractivity contribution in [3.05, 3.63) is 106 Å². The molecule has 35 heavy (non-hydrogen) atoms. The number of methoxy groups -OCH3 is 1. The third-order valence-electron chi connectivity index (χ3n) is 6.06. The van der Waals surface area contributed by atoms with E-state index in [-0.39, 0.29) is 5.95 Å². The maximum atomic E-state index is 13.0. The van der Waals surface area contributed by atoms with Gasteiger partial charge in [-0.25, -0.2) is 9.58 Å². The van der Waals surface area contributed by atoms with Crippen LogP contribution in [0, 0.1) is 0 Å². The van der Waals surface area contributed by atoms with E-state index in [1.807, 2.05) is 42.5 Å². The normalized spacial score (nSPS) is 16.5. The van der Waals surface area contributed by atoms with Crippen molar-refractivity contribution in [1.29, 1.82) is 0 Å². The van der Waals surface area contributed by atoms with Crippen molar-refractivity contribution in [2.24, 2.45) is 0 Å². The SMILES string of the molecule is COc1ccccc1[C@@H]1C=C(c2ccc(Cl)cc2)Nc2nc(N3C(=O)c4ccccc4C3=O)nn21. The molecular weight excluding hydrogens is 466 g/mol. The van der Waals surface area contributed by atoms with Crippen molar-refractivity contribution < 1.29 is 14.3 Å². The second-order valence-electron chi connectivity index (χ2n) is 8.07. The predicted octanol–water partition coefficient (Wildman–Crippen LogP) is 4.80. The highest BCUT2D eigenvalue weighted by atomic mass is 35.5. The van der Waals surface area contributed by atoms with Crippen molar-refractivity contribution >= 4 is 41.0 Å². The van der Waals surface area contributed by atoms with Gasteiger partial charge >= 0.3 is 0 Å². The number of benzene rings is 3. The van der Waals surface area contributed by atoms with Gasteiger partial charge in [0.1, 0.15) is 11.8 Å². The van der Waals surface area contributed by atoms with Gasteiger partial charge in [-0.3, -0.25) is 9.59 Å². The maximum absolute atomic E-state index is 13.0. The number of halogens is 1. The lowest BCUT2D eigenvalue weighted by Gasteiger charge is -2.25. The van der Waals surface area contributed by atoms with E-state index in [4.69, 9.17) is 16.3 Å². The van der Waals surface area contributed by atoms with E-state index in [9.17, 15) is 9.59 Å². The monoisotopic (exact) mass is 483 g/mol. The Morgan fingerprint density at radius 1 is 0.914 bits per heavy atom. The number of allylic oxidation sites excluding steroid dienone is 1. The smallest absolute Gasteiger partial charge is 0.268 e. The first kappa shape index (κ1) is 21.1. The molecule has 2 aliphatic heterocycles. The molecule has 0 bridgehead atoms. The Morgan fingerprint density at radius 2 is 1.57 bits per heavy atom. The molecule has 3 aromatic carbocycles. The lowest BCUT2D eigenvalue weighted by molar-refractivity contribution is 0.0923. The topological polar surface area (TPSA) is 89.3 Å². The summed E-state index contributed by atoms with van der Waals surface area (Å²) >= 11 is 6.09. The molecule has 3 heterocycles. The molecule has 6 rings (SSSR count). The number of aromatic nitrogens is 3. The molecule has 0 unspecified atom stereocenters. The average molecular weight is 484 g/mol. The number of hydrogen-bond acceptors (Lipinski definition) is 6. The van der Waals surface area contributed by atoms with Crippen molar-refractivity contribution in [1.82, 2.24) is 14.8 Å². The van der Waals surface area contributed by atoms with Gasteiger partial charge in [0, 0.05) is 16.3 Å². The number of hydrogen-bond donors (Lipinski definition) is 1. The number of carbonyl (C=O) groups excluding carboxylic acids is 2. The predicted molar refractivity (Wildman–Crippen MR) is 132 cm³/mol. The maximum Gasteiger partial charge on any atom is 0.268 e. The van der Waals surface area contributed by atoms with Crippen LogP contribution in [0.25, 0.3) is 5.70 Å². The molecule has 0 fully saturated rings. The number of carbonyl (C=O) groups is 2. The summed E-state index contributed by atoms with van der Waals surface area (Å²) in [5.41, 5.74) is 3.19. The van der Waals surface area contributed by atoms with Gasteiger partial charge in [-0.05, 0) is 42.0 Å². The fourth-order valence-corrected chi connectivity index (χ4v) is 4.50. The standard InChI is InChI=1S/C26H18ClN5O3/c1-35-22-9-5-4-8-19(22)21-14-20(15-10-12-16(27)13-11-15)28-25-29-26(30-32(21)25)31-23(33)17-6-2-3-7-18(17)24(31)34/h2-14,21H,1H3,(H,28,29,30)/t21-/m0/s1. The van der Waals surface area contributed by atoms with E-state index in [1.165, 1.54) is 0 Å². The van der Waals surface area contributed by atoms with Crippen LogP contribution in [0.15, 0.2) is 78.9 Å². The highest BCUT2D eigenvalue weighted by Crippen LogP contribution is 2.38. The Morgan fingerprint density at radius 3 is 2.26 bits per heavy atom. The quantitative estimate of drug-likeness (QED) is 0.419. The van der Waals surface area contributed by atoms with Crippen molar-refractivity contribution in [2.45, 2.75) is 6.04 Å². The van der Waals surface area contributed by atoms with Crippen LogP contribution >= 0.6 is 11.6 Å². The summed E-state index contributed by atoms with van der Waals surface area (Å²) in [6.07, 6.45) is 1.99. The Hall–Kier alpha value is -4.43. The van der Waals surface area contributed by atoms with Gasteiger partial charge in [0.05, 0.1) is 18.2 Å². The summed E-state index contributed by atoms with van der Waals surface area (Å²) in [5, 5.41) is 8.51. The highest BCUT2D eigenvalue weighted by molar-refractivity contribution is 6.33. The number of rotatable bonds is 4. The van der Waals surface area contributed by atoms with Crippen molar-refractivity contribution in [3.63, 3.8) is 0 Å². The fraction of sp³-hybridized carbons (Fsp3) is 0.0769. The van der Waals surface area contributed by atoms with E-state index in [0.717, 1.165) is 21.7 Å². The van der Waals surface area contributed by atoms with E-state index < -0.39 is 17.9 Å². The fourth-order valence-electron chi connectivity index (χ4n) is 4.38. The highest BCUT2D eigenvalue weighted by Gasteiger charge is 2.40. The minimum Gasteiger partial charge on any atom is -0.496 e. The lowest BCUT2D eigenvalue weighted by Crippen LogP contribution is -2.30. The molecule has 1 N–H and O–H groups in total. The molecule has 0 spiro atoms. The number of fused-ring (bicyclic) bond motifs is 2. The van der Waals surface area contributed by atoms with Gasteiger partial charge in [0.15, 0.2) is 0 Å². The summed E-state index contributed by atoms with van der Waals surface area (Å²) in [6.45, 7) is 0. The second kappa shape index (κ2) is 8.11. The largest absolute Gasteiger partial charge is 0.496 e. The van der Waals surface area contributed by atoms with Gasteiger partial charge in [0.2, 0.25) is 5.95 Å². The van der Waals surface area contributed by atoms with E-state index in [0.29, 0.717) is 27.8 Å². The number of para-hydroxylation sites is 1. The van der Waals surface area contributed by atoms with Crippen LogP contribution in [0.2, 0.25) is 5.02 Å². The van der Waals surface area contributed by atoms with Crippen molar-refractivity contribution in [3.8, 4) is 5.75 Å². The summed E-state index contributed by atoms with van der Waals surface area (Å²) in [4.78, 5) is 31.7.